The largest absolute Gasteiger partial charge is 0.497 e. The van der Waals surface area contributed by atoms with E-state index in [1.54, 1.807) is 12.0 Å². The van der Waals surface area contributed by atoms with Crippen LogP contribution in [0.2, 0.25) is 0 Å². The molecule has 2 atom stereocenters. The van der Waals surface area contributed by atoms with E-state index >= 15 is 0 Å². The van der Waals surface area contributed by atoms with Crippen LogP contribution < -0.4 is 4.74 Å². The maximum absolute atomic E-state index is 12.9. The van der Waals surface area contributed by atoms with Crippen molar-refractivity contribution in [3.05, 3.63) is 29.8 Å². The normalized spacial score (nSPS) is 25.3. The van der Waals surface area contributed by atoms with E-state index in [0.717, 1.165) is 25.1 Å². The zero-order valence-corrected chi connectivity index (χ0v) is 16.4. The molecule has 6 nitrogen and oxygen atoms in total. The van der Waals surface area contributed by atoms with E-state index in [2.05, 4.69) is 11.0 Å². The third-order valence-electron chi connectivity index (χ3n) is 5.49. The van der Waals surface area contributed by atoms with Crippen LogP contribution >= 0.6 is 0 Å². The maximum atomic E-state index is 12.9. The number of methoxy groups -OCH3 is 1. The Morgan fingerprint density at radius 3 is 2.81 bits per heavy atom. The third-order valence-corrected chi connectivity index (χ3v) is 7.24. The summed E-state index contributed by atoms with van der Waals surface area (Å²) in [6.45, 7) is 3.70. The molecule has 1 aromatic carbocycles. The number of ether oxygens (including phenoxy) is 1. The van der Waals surface area contributed by atoms with E-state index < -0.39 is 9.84 Å². The fourth-order valence-electron chi connectivity index (χ4n) is 4.17. The summed E-state index contributed by atoms with van der Waals surface area (Å²) in [5, 5.41) is 0. The van der Waals surface area contributed by atoms with E-state index in [1.165, 1.54) is 5.56 Å². The lowest BCUT2D eigenvalue weighted by atomic mass is 10.0. The van der Waals surface area contributed by atoms with Crippen LogP contribution in [0.15, 0.2) is 24.3 Å². The van der Waals surface area contributed by atoms with Crippen molar-refractivity contribution in [2.24, 2.45) is 0 Å². The molecule has 0 radical (unpaired) electrons. The van der Waals surface area contributed by atoms with Crippen molar-refractivity contribution < 1.29 is 17.9 Å². The molecule has 1 amide bonds. The van der Waals surface area contributed by atoms with E-state index in [9.17, 15) is 13.2 Å². The Hall–Kier alpha value is -1.60. The number of likely N-dealkylation sites (tertiary alicyclic amines) is 1. The monoisotopic (exact) mass is 380 g/mol. The summed E-state index contributed by atoms with van der Waals surface area (Å²) in [7, 11) is -1.34. The van der Waals surface area contributed by atoms with Crippen LogP contribution in [-0.4, -0.2) is 68.4 Å². The molecule has 2 unspecified atom stereocenters. The van der Waals surface area contributed by atoms with Crippen molar-refractivity contribution in [1.82, 2.24) is 9.80 Å². The van der Waals surface area contributed by atoms with Crippen molar-refractivity contribution in [1.29, 1.82) is 0 Å². The lowest BCUT2D eigenvalue weighted by Crippen LogP contribution is -2.46. The molecule has 0 bridgehead atoms. The second-order valence-corrected chi connectivity index (χ2v) is 9.37. The van der Waals surface area contributed by atoms with Crippen LogP contribution in [0.5, 0.6) is 5.75 Å². The number of likely N-dealkylation sites (N-methyl/N-ethyl adjacent to an activating group) is 1. The fraction of sp³-hybridized carbons (Fsp3) is 0.632. The first-order valence-electron chi connectivity index (χ1n) is 9.31. The van der Waals surface area contributed by atoms with Gasteiger partial charge < -0.3 is 9.64 Å². The molecule has 7 heteroatoms. The van der Waals surface area contributed by atoms with Crippen molar-refractivity contribution >= 4 is 15.7 Å². The zero-order valence-electron chi connectivity index (χ0n) is 15.6. The molecule has 0 aromatic heterocycles. The van der Waals surface area contributed by atoms with Crippen molar-refractivity contribution in [2.45, 2.75) is 38.3 Å². The predicted octanol–water partition coefficient (Wildman–Crippen LogP) is 1.87. The summed E-state index contributed by atoms with van der Waals surface area (Å²) >= 11 is 0. The molecule has 0 spiro atoms. The average molecular weight is 381 g/mol. The molecule has 2 fully saturated rings. The van der Waals surface area contributed by atoms with Gasteiger partial charge in [-0.05, 0) is 50.4 Å². The Morgan fingerprint density at radius 1 is 1.35 bits per heavy atom. The van der Waals surface area contributed by atoms with Gasteiger partial charge in [-0.25, -0.2) is 8.42 Å². The summed E-state index contributed by atoms with van der Waals surface area (Å²) < 4.78 is 28.9. The molecule has 144 valence electrons. The molecule has 0 saturated carbocycles. The number of hydrogen-bond acceptors (Lipinski definition) is 5. The number of benzene rings is 1. The lowest BCUT2D eigenvalue weighted by Gasteiger charge is -2.31. The van der Waals surface area contributed by atoms with Crippen LogP contribution in [-0.2, 0) is 14.6 Å². The quantitative estimate of drug-likeness (QED) is 0.754. The number of amides is 1. The van der Waals surface area contributed by atoms with Crippen LogP contribution in [0.4, 0.5) is 0 Å². The number of carbonyl (C=O) groups is 1. The Labute approximate surface area is 156 Å². The first-order valence-corrected chi connectivity index (χ1v) is 11.1. The van der Waals surface area contributed by atoms with Gasteiger partial charge >= 0.3 is 0 Å². The van der Waals surface area contributed by atoms with Crippen molar-refractivity contribution in [3.8, 4) is 5.75 Å². The summed E-state index contributed by atoms with van der Waals surface area (Å²) in [5.41, 5.74) is 1.17. The van der Waals surface area contributed by atoms with Crippen LogP contribution in [0.3, 0.4) is 0 Å². The van der Waals surface area contributed by atoms with Gasteiger partial charge in [0.2, 0.25) is 5.91 Å². The molecule has 0 N–H and O–H groups in total. The van der Waals surface area contributed by atoms with E-state index in [4.69, 9.17) is 4.74 Å². The molecule has 1 aromatic rings. The number of nitrogens with zero attached hydrogens (tertiary/aromatic N) is 2. The van der Waals surface area contributed by atoms with E-state index in [0.29, 0.717) is 19.5 Å². The van der Waals surface area contributed by atoms with Crippen molar-refractivity contribution in [2.75, 3.05) is 38.2 Å². The minimum absolute atomic E-state index is 0.0318. The van der Waals surface area contributed by atoms with Crippen LogP contribution in [0.25, 0.3) is 0 Å². The van der Waals surface area contributed by atoms with Gasteiger partial charge in [0.15, 0.2) is 9.84 Å². The van der Waals surface area contributed by atoms with Crippen molar-refractivity contribution in [3.63, 3.8) is 0 Å². The van der Waals surface area contributed by atoms with Gasteiger partial charge in [0.25, 0.3) is 0 Å². The van der Waals surface area contributed by atoms with Gasteiger partial charge in [-0.3, -0.25) is 9.69 Å². The van der Waals surface area contributed by atoms with Gasteiger partial charge in [0.1, 0.15) is 5.75 Å². The number of sulfone groups is 1. The highest BCUT2D eigenvalue weighted by Gasteiger charge is 2.35. The third kappa shape index (κ3) is 4.20. The molecular formula is C19H28N2O4S. The highest BCUT2D eigenvalue weighted by atomic mass is 32.2. The zero-order chi connectivity index (χ0) is 18.7. The molecule has 2 aliphatic heterocycles. The second kappa shape index (κ2) is 7.96. The summed E-state index contributed by atoms with van der Waals surface area (Å²) in [6, 6.07) is 8.06. The first kappa shape index (κ1) is 19.2. The number of carbonyl (C=O) groups excluding carboxylic acids is 1. The Morgan fingerprint density at radius 2 is 2.15 bits per heavy atom. The number of hydrogen-bond donors (Lipinski definition) is 0. The lowest BCUT2D eigenvalue weighted by molar-refractivity contribution is -0.134. The molecule has 2 saturated heterocycles. The minimum atomic E-state index is -2.99. The molecule has 26 heavy (non-hydrogen) atoms. The fourth-order valence-corrected chi connectivity index (χ4v) is 5.90. The number of rotatable bonds is 6. The van der Waals surface area contributed by atoms with Gasteiger partial charge in [-0.15, -0.1) is 0 Å². The Balaban J connectivity index is 1.69. The first-order chi connectivity index (χ1) is 12.4. The Bertz CT molecular complexity index is 750. The molecule has 0 aliphatic carbocycles. The SMILES string of the molecule is CCN(C(=O)CN1CCCC1c1cccc(OC)c1)C1CCS(=O)(=O)C1. The smallest absolute Gasteiger partial charge is 0.237 e. The molecule has 2 aliphatic rings. The van der Waals surface area contributed by atoms with Gasteiger partial charge in [0.05, 0.1) is 25.2 Å². The molecule has 3 rings (SSSR count). The standard InChI is InChI=1S/C19H28N2O4S/c1-3-21(16-9-11-26(23,24)14-16)19(22)13-20-10-5-8-18(20)15-6-4-7-17(12-15)25-2/h4,6-7,12,16,18H,3,5,8-11,13-14H2,1-2H3. The summed E-state index contributed by atoms with van der Waals surface area (Å²) in [6.07, 6.45) is 2.63. The Kier molecular flexibility index (Phi) is 5.87. The van der Waals surface area contributed by atoms with Gasteiger partial charge in [-0.2, -0.15) is 0 Å². The van der Waals surface area contributed by atoms with Crippen LogP contribution in [0, 0.1) is 0 Å². The summed E-state index contributed by atoms with van der Waals surface area (Å²) in [5.74, 6) is 1.15. The second-order valence-electron chi connectivity index (χ2n) is 7.14. The summed E-state index contributed by atoms with van der Waals surface area (Å²) in [4.78, 5) is 16.9. The average Bonchev–Trinajstić information content (AvgIpc) is 3.22. The highest BCUT2D eigenvalue weighted by molar-refractivity contribution is 7.91. The van der Waals surface area contributed by atoms with Crippen LogP contribution in [0.1, 0.15) is 37.8 Å². The predicted molar refractivity (Wildman–Crippen MR) is 101 cm³/mol. The van der Waals surface area contributed by atoms with E-state index in [1.807, 2.05) is 25.1 Å². The van der Waals surface area contributed by atoms with E-state index in [-0.39, 0.29) is 29.5 Å². The molecule has 2 heterocycles. The highest BCUT2D eigenvalue weighted by Crippen LogP contribution is 2.33. The maximum Gasteiger partial charge on any atom is 0.237 e. The van der Waals surface area contributed by atoms with Gasteiger partial charge in [0, 0.05) is 18.6 Å². The topological polar surface area (TPSA) is 66.9 Å². The minimum Gasteiger partial charge on any atom is -0.497 e. The van der Waals surface area contributed by atoms with Gasteiger partial charge in [-0.1, -0.05) is 12.1 Å². The molecular weight excluding hydrogens is 352 g/mol.